The molecule has 0 unspecified atom stereocenters. The second-order valence-electron chi connectivity index (χ2n) is 8.63. The lowest BCUT2D eigenvalue weighted by molar-refractivity contribution is 0.00791. The summed E-state index contributed by atoms with van der Waals surface area (Å²) in [7, 11) is 0. The molecule has 9 nitrogen and oxygen atoms in total. The molecule has 0 aromatic carbocycles. The van der Waals surface area contributed by atoms with E-state index >= 15 is 0 Å². The van der Waals surface area contributed by atoms with Gasteiger partial charge < -0.3 is 15.4 Å². The van der Waals surface area contributed by atoms with E-state index in [2.05, 4.69) is 44.4 Å². The fraction of sp³-hybridized carbons (Fsp3) is 0.619. The van der Waals surface area contributed by atoms with Crippen LogP contribution < -0.4 is 10.6 Å². The van der Waals surface area contributed by atoms with Gasteiger partial charge in [-0.3, -0.25) is 9.58 Å². The maximum Gasteiger partial charge on any atom is 0.230 e. The molecule has 166 valence electrons. The number of fused-ring (bicyclic) bond motifs is 1. The van der Waals surface area contributed by atoms with Crippen LogP contribution in [0.3, 0.4) is 0 Å². The molecule has 2 fully saturated rings. The molecular formula is C21H30N8OS. The number of nitrogens with one attached hydrogen (secondary N) is 2. The van der Waals surface area contributed by atoms with Crippen LogP contribution >= 0.6 is 11.3 Å². The van der Waals surface area contributed by atoms with Crippen molar-refractivity contribution in [2.75, 3.05) is 36.9 Å². The first-order valence-corrected chi connectivity index (χ1v) is 12.0. The van der Waals surface area contributed by atoms with Crippen LogP contribution in [0.25, 0.3) is 10.3 Å². The molecular weight excluding hydrogens is 412 g/mol. The first-order valence-electron chi connectivity index (χ1n) is 11.2. The summed E-state index contributed by atoms with van der Waals surface area (Å²) in [5.41, 5.74) is 3.57. The molecule has 1 saturated carbocycles. The van der Waals surface area contributed by atoms with Gasteiger partial charge in [-0.1, -0.05) is 0 Å². The van der Waals surface area contributed by atoms with Crippen molar-refractivity contribution >= 4 is 39.1 Å². The monoisotopic (exact) mass is 442 g/mol. The van der Waals surface area contributed by atoms with Gasteiger partial charge in [0.25, 0.3) is 0 Å². The van der Waals surface area contributed by atoms with Gasteiger partial charge >= 0.3 is 0 Å². The Balaban J connectivity index is 1.27. The van der Waals surface area contributed by atoms with Gasteiger partial charge in [0, 0.05) is 37.4 Å². The predicted octanol–water partition coefficient (Wildman–Crippen LogP) is 3.66. The lowest BCUT2D eigenvalue weighted by Gasteiger charge is -2.39. The fourth-order valence-corrected chi connectivity index (χ4v) is 5.11. The lowest BCUT2D eigenvalue weighted by atomic mass is 9.90. The molecule has 3 aromatic rings. The standard InChI is InChI=1S/C21H30N8OS/c1-14(2)29-12-16(11-23-29)25-21-26-19(18-20(27-21)31-13-22-18)24-15-3-5-17(6-4-15)28-7-9-30-10-8-28/h11-15,17H,3-10H2,1-2H3,(H2,24,25,26,27)/t15-,17-. The number of hydrogen-bond donors (Lipinski definition) is 2. The Morgan fingerprint density at radius 2 is 1.94 bits per heavy atom. The number of nitrogens with zero attached hydrogens (tertiary/aromatic N) is 6. The summed E-state index contributed by atoms with van der Waals surface area (Å²) in [4.78, 5) is 17.4. The Morgan fingerprint density at radius 1 is 1.13 bits per heavy atom. The fourth-order valence-electron chi connectivity index (χ4n) is 4.45. The summed E-state index contributed by atoms with van der Waals surface area (Å²) >= 11 is 1.54. The predicted molar refractivity (Wildman–Crippen MR) is 123 cm³/mol. The molecule has 3 aromatic heterocycles. The van der Waals surface area contributed by atoms with Crippen LogP contribution in [0.4, 0.5) is 17.5 Å². The van der Waals surface area contributed by atoms with Crippen molar-refractivity contribution < 1.29 is 4.74 Å². The molecule has 0 bridgehead atoms. The Kier molecular flexibility index (Phi) is 6.02. The maximum absolute atomic E-state index is 5.51. The van der Waals surface area contributed by atoms with Gasteiger partial charge in [-0.2, -0.15) is 15.1 Å². The minimum atomic E-state index is 0.310. The van der Waals surface area contributed by atoms with Crippen molar-refractivity contribution in [3.63, 3.8) is 0 Å². The van der Waals surface area contributed by atoms with E-state index in [1.54, 1.807) is 6.20 Å². The topological polar surface area (TPSA) is 93.0 Å². The molecule has 0 amide bonds. The molecule has 1 aliphatic heterocycles. The second-order valence-corrected chi connectivity index (χ2v) is 9.46. The Bertz CT molecular complexity index is 1000. The summed E-state index contributed by atoms with van der Waals surface area (Å²) in [6, 6.07) is 1.40. The van der Waals surface area contributed by atoms with Crippen LogP contribution in [0.5, 0.6) is 0 Å². The van der Waals surface area contributed by atoms with E-state index in [-0.39, 0.29) is 0 Å². The highest BCUT2D eigenvalue weighted by Gasteiger charge is 2.27. The largest absolute Gasteiger partial charge is 0.379 e. The summed E-state index contributed by atoms with van der Waals surface area (Å²) in [5, 5.41) is 11.4. The number of thiazole rings is 1. The van der Waals surface area contributed by atoms with Crippen LogP contribution in [0.2, 0.25) is 0 Å². The average Bonchev–Trinajstić information content (AvgIpc) is 3.45. The molecule has 5 rings (SSSR count). The number of ether oxygens (including phenoxy) is 1. The average molecular weight is 443 g/mol. The molecule has 31 heavy (non-hydrogen) atoms. The van der Waals surface area contributed by atoms with Crippen molar-refractivity contribution in [1.29, 1.82) is 0 Å². The van der Waals surface area contributed by atoms with E-state index in [9.17, 15) is 0 Å². The Labute approximate surface area is 186 Å². The van der Waals surface area contributed by atoms with Crippen LogP contribution in [-0.4, -0.2) is 68.0 Å². The van der Waals surface area contributed by atoms with E-state index in [1.807, 2.05) is 16.4 Å². The minimum Gasteiger partial charge on any atom is -0.379 e. The third-order valence-electron chi connectivity index (χ3n) is 6.18. The number of morpholine rings is 1. The summed E-state index contributed by atoms with van der Waals surface area (Å²) < 4.78 is 7.42. The normalized spacial score (nSPS) is 22.8. The number of hydrogen-bond acceptors (Lipinski definition) is 9. The summed E-state index contributed by atoms with van der Waals surface area (Å²) in [6.07, 6.45) is 8.49. The van der Waals surface area contributed by atoms with Crippen molar-refractivity contribution in [1.82, 2.24) is 29.6 Å². The molecule has 0 radical (unpaired) electrons. The van der Waals surface area contributed by atoms with E-state index < -0.39 is 0 Å². The van der Waals surface area contributed by atoms with Crippen molar-refractivity contribution in [2.45, 2.75) is 57.7 Å². The van der Waals surface area contributed by atoms with E-state index in [4.69, 9.17) is 9.72 Å². The molecule has 0 spiro atoms. The van der Waals surface area contributed by atoms with Gasteiger partial charge in [-0.05, 0) is 39.5 Å². The van der Waals surface area contributed by atoms with Crippen molar-refractivity contribution in [2.24, 2.45) is 0 Å². The van der Waals surface area contributed by atoms with Gasteiger partial charge in [0.15, 0.2) is 10.6 Å². The van der Waals surface area contributed by atoms with E-state index in [1.165, 1.54) is 24.2 Å². The van der Waals surface area contributed by atoms with Crippen molar-refractivity contribution in [3.8, 4) is 0 Å². The second kappa shape index (κ2) is 9.05. The molecule has 1 aliphatic carbocycles. The molecule has 0 atom stereocenters. The van der Waals surface area contributed by atoms with Crippen LogP contribution in [0, 0.1) is 0 Å². The third-order valence-corrected chi connectivity index (χ3v) is 6.90. The highest BCUT2D eigenvalue weighted by molar-refractivity contribution is 7.16. The van der Waals surface area contributed by atoms with Gasteiger partial charge in [0.05, 0.1) is 30.6 Å². The summed E-state index contributed by atoms with van der Waals surface area (Å²) in [6.45, 7) is 8.07. The molecule has 10 heteroatoms. The Morgan fingerprint density at radius 3 is 2.68 bits per heavy atom. The first kappa shape index (κ1) is 20.6. The quantitative estimate of drug-likeness (QED) is 0.597. The SMILES string of the molecule is CC(C)n1cc(Nc2nc(N[C@H]3CC[C@H](N4CCOCC4)CC3)c3ncsc3n2)cn1. The zero-order valence-corrected chi connectivity index (χ0v) is 18.9. The highest BCUT2D eigenvalue weighted by atomic mass is 32.1. The minimum absolute atomic E-state index is 0.310. The third kappa shape index (κ3) is 4.65. The first-order chi connectivity index (χ1) is 15.2. The van der Waals surface area contributed by atoms with Crippen LogP contribution in [-0.2, 0) is 4.74 Å². The number of aromatic nitrogens is 5. The zero-order valence-electron chi connectivity index (χ0n) is 18.1. The van der Waals surface area contributed by atoms with Crippen molar-refractivity contribution in [3.05, 3.63) is 17.9 Å². The molecule has 2 N–H and O–H groups in total. The number of anilines is 3. The summed E-state index contributed by atoms with van der Waals surface area (Å²) in [5.74, 6) is 1.39. The number of rotatable bonds is 6. The van der Waals surface area contributed by atoms with Gasteiger partial charge in [-0.25, -0.2) is 4.98 Å². The smallest absolute Gasteiger partial charge is 0.230 e. The van der Waals surface area contributed by atoms with Crippen LogP contribution in [0.15, 0.2) is 17.9 Å². The van der Waals surface area contributed by atoms with E-state index in [0.29, 0.717) is 24.1 Å². The molecule has 2 aliphatic rings. The van der Waals surface area contributed by atoms with Gasteiger partial charge in [-0.15, -0.1) is 11.3 Å². The maximum atomic E-state index is 5.51. The highest BCUT2D eigenvalue weighted by Crippen LogP contribution is 2.30. The van der Waals surface area contributed by atoms with Crippen LogP contribution in [0.1, 0.15) is 45.6 Å². The Hall–Kier alpha value is -2.30. The van der Waals surface area contributed by atoms with Gasteiger partial charge in [0.1, 0.15) is 5.52 Å². The molecule has 1 saturated heterocycles. The zero-order chi connectivity index (χ0) is 21.2. The van der Waals surface area contributed by atoms with E-state index in [0.717, 1.165) is 61.0 Å². The molecule has 4 heterocycles. The lowest BCUT2D eigenvalue weighted by Crippen LogP contribution is -2.46. The van der Waals surface area contributed by atoms with Gasteiger partial charge in [0.2, 0.25) is 5.95 Å².